The highest BCUT2D eigenvalue weighted by molar-refractivity contribution is 7.95. The van der Waals surface area contributed by atoms with Crippen molar-refractivity contribution in [2.75, 3.05) is 4.90 Å². The van der Waals surface area contributed by atoms with Crippen LogP contribution in [0.3, 0.4) is 0 Å². The first-order valence-electron chi connectivity index (χ1n) is 10.1. The number of carbonyl (C=O) groups excluding carboxylic acids is 1. The molecule has 1 atom stereocenters. The molecular weight excluding hydrogens is 515 g/mol. The monoisotopic (exact) mass is 530 g/mol. The Morgan fingerprint density at radius 1 is 0.971 bits per heavy atom. The zero-order chi connectivity index (χ0) is 24.2. The van der Waals surface area contributed by atoms with E-state index in [9.17, 15) is 18.3 Å². The second-order valence-corrected chi connectivity index (χ2v) is 11.6. The maximum absolute atomic E-state index is 13.7. The minimum Gasteiger partial charge on any atom is -0.502 e. The molecule has 4 aromatic rings. The van der Waals surface area contributed by atoms with Crippen molar-refractivity contribution in [3.05, 3.63) is 98.6 Å². The molecule has 5 rings (SSSR count). The Labute approximate surface area is 209 Å². The molecule has 6 nitrogen and oxygen atoms in total. The molecule has 0 radical (unpaired) electrons. The van der Waals surface area contributed by atoms with Crippen LogP contribution in [0.2, 0.25) is 10.0 Å². The number of halogens is 2. The van der Waals surface area contributed by atoms with Gasteiger partial charge >= 0.3 is 0 Å². The van der Waals surface area contributed by atoms with E-state index in [1.54, 1.807) is 54.6 Å². The number of amides is 1. The van der Waals surface area contributed by atoms with Crippen molar-refractivity contribution in [2.24, 2.45) is 0 Å². The maximum atomic E-state index is 13.7. The van der Waals surface area contributed by atoms with Crippen LogP contribution in [-0.2, 0) is 14.6 Å². The van der Waals surface area contributed by atoms with Gasteiger partial charge in [-0.15, -0.1) is 0 Å². The molecule has 34 heavy (non-hydrogen) atoms. The van der Waals surface area contributed by atoms with E-state index in [-0.39, 0.29) is 10.0 Å². The minimum atomic E-state index is -4.23. The molecule has 1 amide bonds. The predicted octanol–water partition coefficient (Wildman–Crippen LogP) is 6.24. The van der Waals surface area contributed by atoms with Gasteiger partial charge in [0.15, 0.2) is 10.9 Å². The summed E-state index contributed by atoms with van der Waals surface area (Å²) in [5, 5.41) is 12.1. The van der Waals surface area contributed by atoms with E-state index in [4.69, 9.17) is 23.2 Å². The fourth-order valence-corrected chi connectivity index (χ4v) is 6.85. The summed E-state index contributed by atoms with van der Waals surface area (Å²) in [7, 11) is -4.23. The molecule has 0 fully saturated rings. The van der Waals surface area contributed by atoms with Gasteiger partial charge in [0.25, 0.3) is 5.91 Å². The summed E-state index contributed by atoms with van der Waals surface area (Å²) in [5.41, 5.74) is 1.94. The normalized spacial score (nSPS) is 16.6. The fraction of sp³-hybridized carbons (Fsp3) is 0.0833. The topological polar surface area (TPSA) is 87.6 Å². The van der Waals surface area contributed by atoms with Gasteiger partial charge in [0.2, 0.25) is 9.84 Å². The highest BCUT2D eigenvalue weighted by atomic mass is 35.5. The molecule has 1 N–H and O–H groups in total. The maximum Gasteiger partial charge on any atom is 0.296 e. The molecule has 10 heteroatoms. The number of aromatic nitrogens is 1. The minimum absolute atomic E-state index is 0.0238. The van der Waals surface area contributed by atoms with Crippen molar-refractivity contribution >= 4 is 65.6 Å². The number of benzene rings is 3. The first kappa shape index (κ1) is 22.9. The quantitative estimate of drug-likeness (QED) is 0.337. The Morgan fingerprint density at radius 3 is 2.29 bits per heavy atom. The lowest BCUT2D eigenvalue weighted by atomic mass is 10.1. The van der Waals surface area contributed by atoms with E-state index in [2.05, 4.69) is 4.98 Å². The molecule has 1 unspecified atom stereocenters. The van der Waals surface area contributed by atoms with Gasteiger partial charge < -0.3 is 5.11 Å². The van der Waals surface area contributed by atoms with Crippen LogP contribution in [0, 0.1) is 6.92 Å². The Balaban J connectivity index is 1.72. The lowest BCUT2D eigenvalue weighted by molar-refractivity contribution is -0.117. The summed E-state index contributed by atoms with van der Waals surface area (Å²) in [6.07, 6.45) is 0. The van der Waals surface area contributed by atoms with E-state index in [0.717, 1.165) is 10.3 Å². The third kappa shape index (κ3) is 3.76. The average molecular weight is 531 g/mol. The van der Waals surface area contributed by atoms with Gasteiger partial charge in [0.1, 0.15) is 10.9 Å². The number of anilines is 1. The first-order valence-corrected chi connectivity index (χ1v) is 13.1. The molecule has 0 aliphatic carbocycles. The van der Waals surface area contributed by atoms with Gasteiger partial charge in [-0.05, 0) is 55.0 Å². The second kappa shape index (κ2) is 8.39. The summed E-state index contributed by atoms with van der Waals surface area (Å²) in [5.74, 6) is -1.69. The molecule has 0 saturated carbocycles. The summed E-state index contributed by atoms with van der Waals surface area (Å²) in [6.45, 7) is 1.84. The number of nitrogens with zero attached hydrogens (tertiary/aromatic N) is 2. The van der Waals surface area contributed by atoms with Gasteiger partial charge in [-0.1, -0.05) is 64.4 Å². The van der Waals surface area contributed by atoms with Gasteiger partial charge in [0, 0.05) is 10.0 Å². The number of sulfone groups is 1. The number of aliphatic hydroxyl groups excluding tert-OH is 1. The van der Waals surface area contributed by atoms with Crippen LogP contribution in [0.15, 0.2) is 82.3 Å². The van der Waals surface area contributed by atoms with Gasteiger partial charge in [0.05, 0.1) is 15.1 Å². The van der Waals surface area contributed by atoms with Gasteiger partial charge in [-0.2, -0.15) is 0 Å². The molecule has 0 spiro atoms. The molecule has 1 aromatic heterocycles. The number of hydrogen-bond acceptors (Lipinski definition) is 6. The van der Waals surface area contributed by atoms with E-state index < -0.39 is 32.5 Å². The average Bonchev–Trinajstić information content (AvgIpc) is 3.32. The Bertz CT molecular complexity index is 1580. The van der Waals surface area contributed by atoms with Crippen LogP contribution in [0.25, 0.3) is 10.2 Å². The molecule has 1 aliphatic heterocycles. The third-order valence-corrected chi connectivity index (χ3v) is 8.91. The van der Waals surface area contributed by atoms with E-state index in [1.165, 1.54) is 28.4 Å². The summed E-state index contributed by atoms with van der Waals surface area (Å²) in [4.78, 5) is 18.6. The summed E-state index contributed by atoms with van der Waals surface area (Å²) in [6, 6.07) is 16.7. The van der Waals surface area contributed by atoms with Gasteiger partial charge in [-0.25, -0.2) is 13.4 Å². The van der Waals surface area contributed by atoms with Crippen LogP contribution in [-0.4, -0.2) is 24.4 Å². The SMILES string of the molecule is Cc1ccc(S(=O)(=O)C2=C(O)C(=O)N(c3nc4ccc(Cl)cc4s3)C2c2ccc(Cl)cc2)cc1. The highest BCUT2D eigenvalue weighted by Gasteiger charge is 2.48. The Morgan fingerprint density at radius 2 is 1.62 bits per heavy atom. The molecule has 0 bridgehead atoms. The standard InChI is InChI=1S/C24H16Cl2N2O4S2/c1-13-2-9-17(10-3-13)34(31,32)22-20(14-4-6-15(25)7-5-14)28(23(30)21(22)29)24-27-18-11-8-16(26)12-19(18)33-24/h2-12,20,29H,1H3. The zero-order valence-electron chi connectivity index (χ0n) is 17.6. The predicted molar refractivity (Wildman–Crippen MR) is 134 cm³/mol. The number of aryl methyl sites for hydroxylation is 1. The van der Waals surface area contributed by atoms with Crippen LogP contribution >= 0.6 is 34.5 Å². The second-order valence-electron chi connectivity index (χ2n) is 7.77. The molecular formula is C24H16Cl2N2O4S2. The first-order chi connectivity index (χ1) is 16.2. The largest absolute Gasteiger partial charge is 0.502 e. The molecule has 2 heterocycles. The van der Waals surface area contributed by atoms with Crippen molar-refractivity contribution in [3.8, 4) is 0 Å². The van der Waals surface area contributed by atoms with Gasteiger partial charge in [-0.3, -0.25) is 9.69 Å². The van der Waals surface area contributed by atoms with E-state index >= 15 is 0 Å². The number of fused-ring (bicyclic) bond motifs is 1. The van der Waals surface area contributed by atoms with Crippen molar-refractivity contribution in [3.63, 3.8) is 0 Å². The lowest BCUT2D eigenvalue weighted by Crippen LogP contribution is -2.31. The molecule has 172 valence electrons. The highest BCUT2D eigenvalue weighted by Crippen LogP contribution is 2.46. The summed E-state index contributed by atoms with van der Waals surface area (Å²) >= 11 is 13.3. The van der Waals surface area contributed by atoms with Crippen LogP contribution in [0.4, 0.5) is 5.13 Å². The van der Waals surface area contributed by atoms with Crippen molar-refractivity contribution in [2.45, 2.75) is 17.9 Å². The number of carbonyl (C=O) groups is 1. The number of hydrogen-bond donors (Lipinski definition) is 1. The number of aliphatic hydroxyl groups is 1. The van der Waals surface area contributed by atoms with E-state index in [0.29, 0.717) is 21.1 Å². The lowest BCUT2D eigenvalue weighted by Gasteiger charge is -2.24. The van der Waals surface area contributed by atoms with Crippen molar-refractivity contribution in [1.29, 1.82) is 0 Å². The molecule has 0 saturated heterocycles. The zero-order valence-corrected chi connectivity index (χ0v) is 20.7. The third-order valence-electron chi connectivity index (χ3n) is 5.51. The Hall–Kier alpha value is -2.91. The number of thiazole rings is 1. The van der Waals surface area contributed by atoms with E-state index in [1.807, 2.05) is 6.92 Å². The fourth-order valence-electron chi connectivity index (χ4n) is 3.83. The van der Waals surface area contributed by atoms with Crippen molar-refractivity contribution in [1.82, 2.24) is 4.98 Å². The Kier molecular flexibility index (Phi) is 5.64. The molecule has 3 aromatic carbocycles. The number of rotatable bonds is 4. The van der Waals surface area contributed by atoms with Crippen LogP contribution in [0.1, 0.15) is 17.2 Å². The smallest absolute Gasteiger partial charge is 0.296 e. The van der Waals surface area contributed by atoms with Crippen LogP contribution in [0.5, 0.6) is 0 Å². The van der Waals surface area contributed by atoms with Crippen LogP contribution < -0.4 is 4.90 Å². The van der Waals surface area contributed by atoms with Crippen molar-refractivity contribution < 1.29 is 18.3 Å². The summed E-state index contributed by atoms with van der Waals surface area (Å²) < 4.78 is 28.1. The molecule has 1 aliphatic rings.